The van der Waals surface area contributed by atoms with Gasteiger partial charge in [-0.15, -0.1) is 11.3 Å². The van der Waals surface area contributed by atoms with Gasteiger partial charge in [-0.05, 0) is 42.3 Å². The van der Waals surface area contributed by atoms with Gasteiger partial charge in [0.25, 0.3) is 0 Å². The van der Waals surface area contributed by atoms with Crippen molar-refractivity contribution in [1.82, 2.24) is 24.4 Å². The average Bonchev–Trinajstić information content (AvgIpc) is 3.36. The van der Waals surface area contributed by atoms with E-state index in [0.29, 0.717) is 5.95 Å². The van der Waals surface area contributed by atoms with Crippen LogP contribution < -0.4 is 5.32 Å². The minimum Gasteiger partial charge on any atom is -0.353 e. The largest absolute Gasteiger partial charge is 0.353 e. The van der Waals surface area contributed by atoms with Crippen molar-refractivity contribution in [3.63, 3.8) is 0 Å². The third-order valence-corrected chi connectivity index (χ3v) is 6.60. The molecule has 5 heterocycles. The third-order valence-electron chi connectivity index (χ3n) is 5.63. The summed E-state index contributed by atoms with van der Waals surface area (Å²) in [7, 11) is 0. The van der Waals surface area contributed by atoms with Crippen molar-refractivity contribution >= 4 is 22.9 Å². The van der Waals surface area contributed by atoms with Crippen LogP contribution in [-0.2, 0) is 13.0 Å². The van der Waals surface area contributed by atoms with E-state index in [9.17, 15) is 0 Å². The Morgan fingerprint density at radius 2 is 1.86 bits per heavy atom. The zero-order valence-electron chi connectivity index (χ0n) is 15.8. The molecule has 7 heteroatoms. The number of hydrogen-bond donors (Lipinski definition) is 1. The van der Waals surface area contributed by atoms with Crippen LogP contribution in [0.15, 0.2) is 47.9 Å². The van der Waals surface area contributed by atoms with Crippen molar-refractivity contribution in [2.75, 3.05) is 31.5 Å². The number of piperidine rings is 1. The van der Waals surface area contributed by atoms with Gasteiger partial charge in [-0.2, -0.15) is 0 Å². The second kappa shape index (κ2) is 7.85. The van der Waals surface area contributed by atoms with Crippen LogP contribution >= 0.6 is 11.3 Å². The molecule has 1 N–H and O–H groups in total. The Kier molecular flexibility index (Phi) is 4.93. The number of thiophene rings is 1. The van der Waals surface area contributed by atoms with Gasteiger partial charge in [0.15, 0.2) is 0 Å². The van der Waals surface area contributed by atoms with E-state index in [2.05, 4.69) is 42.4 Å². The predicted octanol–water partition coefficient (Wildman–Crippen LogP) is 3.30. The Morgan fingerprint density at radius 3 is 2.71 bits per heavy atom. The number of nitrogens with one attached hydrogen (secondary N) is 1. The smallest absolute Gasteiger partial charge is 0.222 e. The molecule has 3 aromatic rings. The third kappa shape index (κ3) is 3.47. The lowest BCUT2D eigenvalue weighted by Crippen LogP contribution is -2.35. The Morgan fingerprint density at radius 1 is 1.00 bits per heavy atom. The first-order valence-electron chi connectivity index (χ1n) is 9.92. The van der Waals surface area contributed by atoms with Crippen molar-refractivity contribution < 1.29 is 0 Å². The summed E-state index contributed by atoms with van der Waals surface area (Å²) in [5.41, 5.74) is 4.45. The summed E-state index contributed by atoms with van der Waals surface area (Å²) in [5, 5.41) is 5.54. The van der Waals surface area contributed by atoms with Crippen molar-refractivity contribution in [3.8, 4) is 0 Å². The summed E-state index contributed by atoms with van der Waals surface area (Å²) >= 11 is 1.87. The maximum absolute atomic E-state index is 4.73. The number of anilines is 1. The molecule has 0 radical (unpaired) electrons. The van der Waals surface area contributed by atoms with E-state index in [4.69, 9.17) is 4.98 Å². The summed E-state index contributed by atoms with van der Waals surface area (Å²) in [6, 6.07) is 4.13. The molecule has 0 atom stereocenters. The SMILES string of the molecule is c1cnc(NCCN2CCC(=C3c4sccc4CCn4ccnc43)CC2)nc1. The normalized spacial score (nSPS) is 17.1. The Bertz CT molecular complexity index is 919. The Labute approximate surface area is 169 Å². The fourth-order valence-corrected chi connectivity index (χ4v) is 5.19. The van der Waals surface area contributed by atoms with Crippen LogP contribution in [0.4, 0.5) is 5.95 Å². The lowest BCUT2D eigenvalue weighted by molar-refractivity contribution is 0.266. The van der Waals surface area contributed by atoms with Gasteiger partial charge in [0.2, 0.25) is 5.95 Å². The Balaban J connectivity index is 1.29. The highest BCUT2D eigenvalue weighted by atomic mass is 32.1. The molecule has 2 aliphatic rings. The van der Waals surface area contributed by atoms with Gasteiger partial charge >= 0.3 is 0 Å². The van der Waals surface area contributed by atoms with Gasteiger partial charge in [0.1, 0.15) is 5.82 Å². The van der Waals surface area contributed by atoms with E-state index in [0.717, 1.165) is 57.8 Å². The molecular formula is C21H24N6S. The number of likely N-dealkylation sites (tertiary alicyclic amines) is 1. The van der Waals surface area contributed by atoms with Gasteiger partial charge in [0.05, 0.1) is 0 Å². The van der Waals surface area contributed by atoms with Gasteiger partial charge in [-0.1, -0.05) is 5.57 Å². The van der Waals surface area contributed by atoms with Gasteiger partial charge in [-0.25, -0.2) is 15.0 Å². The summed E-state index contributed by atoms with van der Waals surface area (Å²) < 4.78 is 2.32. The predicted molar refractivity (Wildman–Crippen MR) is 112 cm³/mol. The number of fused-ring (bicyclic) bond motifs is 2. The molecule has 2 aliphatic heterocycles. The number of aryl methyl sites for hydroxylation is 2. The zero-order valence-corrected chi connectivity index (χ0v) is 16.7. The van der Waals surface area contributed by atoms with Crippen LogP contribution in [0.3, 0.4) is 0 Å². The van der Waals surface area contributed by atoms with Crippen molar-refractivity contribution in [2.45, 2.75) is 25.8 Å². The fourth-order valence-electron chi connectivity index (χ4n) is 4.14. The molecule has 1 fully saturated rings. The summed E-state index contributed by atoms with van der Waals surface area (Å²) in [4.78, 5) is 17.1. The number of nitrogens with zero attached hydrogens (tertiary/aromatic N) is 5. The number of hydrogen-bond acceptors (Lipinski definition) is 6. The summed E-state index contributed by atoms with van der Waals surface area (Å²) in [5.74, 6) is 1.87. The molecule has 0 unspecified atom stereocenters. The van der Waals surface area contributed by atoms with E-state index in [-0.39, 0.29) is 0 Å². The summed E-state index contributed by atoms with van der Waals surface area (Å²) in [6.45, 7) is 5.10. The highest BCUT2D eigenvalue weighted by Gasteiger charge is 2.25. The standard InChI is InChI=1S/C21H24N6S/c1-6-23-21(24-7-1)25-8-13-26-10-2-16(3-11-26)18-19-17(5-15-28-19)4-12-27-14-9-22-20(18)27/h1,5-7,9,14-15H,2-4,8,10-13H2,(H,23,24,25). The van der Waals surface area contributed by atoms with Gasteiger partial charge in [-0.3, -0.25) is 0 Å². The Hall–Kier alpha value is -2.51. The van der Waals surface area contributed by atoms with E-state index in [1.54, 1.807) is 18.0 Å². The fraction of sp³-hybridized carbons (Fsp3) is 0.381. The molecule has 5 rings (SSSR count). The van der Waals surface area contributed by atoms with Crippen LogP contribution in [-0.4, -0.2) is 50.6 Å². The van der Waals surface area contributed by atoms with Crippen LogP contribution in [0.5, 0.6) is 0 Å². The monoisotopic (exact) mass is 392 g/mol. The van der Waals surface area contributed by atoms with Gasteiger partial charge in [0, 0.05) is 68.0 Å². The first kappa shape index (κ1) is 17.6. The van der Waals surface area contributed by atoms with Crippen LogP contribution in [0.2, 0.25) is 0 Å². The molecule has 0 saturated carbocycles. The molecule has 6 nitrogen and oxygen atoms in total. The lowest BCUT2D eigenvalue weighted by Gasteiger charge is -2.29. The number of rotatable bonds is 4. The van der Waals surface area contributed by atoms with E-state index in [1.165, 1.54) is 16.0 Å². The molecule has 0 bridgehead atoms. The maximum Gasteiger partial charge on any atom is 0.222 e. The second-order valence-electron chi connectivity index (χ2n) is 7.29. The number of aromatic nitrogens is 4. The van der Waals surface area contributed by atoms with E-state index < -0.39 is 0 Å². The molecular weight excluding hydrogens is 368 g/mol. The quantitative estimate of drug-likeness (QED) is 0.738. The van der Waals surface area contributed by atoms with E-state index >= 15 is 0 Å². The van der Waals surface area contributed by atoms with Crippen LogP contribution in [0.25, 0.3) is 5.57 Å². The van der Waals surface area contributed by atoms with Crippen LogP contribution in [0.1, 0.15) is 29.1 Å². The molecule has 0 spiro atoms. The molecule has 0 aliphatic carbocycles. The highest BCUT2D eigenvalue weighted by Crippen LogP contribution is 2.38. The van der Waals surface area contributed by atoms with Gasteiger partial charge < -0.3 is 14.8 Å². The first-order valence-corrected chi connectivity index (χ1v) is 10.8. The molecule has 144 valence electrons. The first-order chi connectivity index (χ1) is 13.9. The molecule has 3 aromatic heterocycles. The second-order valence-corrected chi connectivity index (χ2v) is 8.20. The molecule has 0 aromatic carbocycles. The zero-order chi connectivity index (χ0) is 18.8. The maximum atomic E-state index is 4.73. The minimum atomic E-state index is 0.706. The molecule has 28 heavy (non-hydrogen) atoms. The lowest BCUT2D eigenvalue weighted by atomic mass is 9.95. The highest BCUT2D eigenvalue weighted by molar-refractivity contribution is 7.11. The average molecular weight is 393 g/mol. The molecule has 0 amide bonds. The van der Waals surface area contributed by atoms with Crippen molar-refractivity contribution in [1.29, 1.82) is 0 Å². The minimum absolute atomic E-state index is 0.706. The van der Waals surface area contributed by atoms with Crippen LogP contribution in [0, 0.1) is 0 Å². The summed E-state index contributed by atoms with van der Waals surface area (Å²) in [6.07, 6.45) is 10.9. The van der Waals surface area contributed by atoms with E-state index in [1.807, 2.05) is 23.6 Å². The molecule has 1 saturated heterocycles. The van der Waals surface area contributed by atoms with Crippen molar-refractivity contribution in [2.24, 2.45) is 0 Å². The topological polar surface area (TPSA) is 58.9 Å². The number of imidazole rings is 1. The van der Waals surface area contributed by atoms with Crippen molar-refractivity contribution in [3.05, 3.63) is 64.1 Å².